The van der Waals surface area contributed by atoms with Crippen LogP contribution in [0, 0.1) is 0 Å². The van der Waals surface area contributed by atoms with Gasteiger partial charge in [0.15, 0.2) is 0 Å². The van der Waals surface area contributed by atoms with Gasteiger partial charge in [-0.15, -0.1) is 11.3 Å². The first-order chi connectivity index (χ1) is 13.3. The molecule has 1 heterocycles. The van der Waals surface area contributed by atoms with Gasteiger partial charge >= 0.3 is 0 Å². The molecule has 0 bridgehead atoms. The Bertz CT molecular complexity index is 982. The van der Waals surface area contributed by atoms with Gasteiger partial charge in [0.1, 0.15) is 5.75 Å². The number of hydrogen-bond acceptors (Lipinski definition) is 4. The number of aromatic nitrogens is 1. The summed E-state index contributed by atoms with van der Waals surface area (Å²) in [7, 11) is 0. The Labute approximate surface area is 163 Å². The van der Waals surface area contributed by atoms with Crippen LogP contribution in [0.1, 0.15) is 37.7 Å². The van der Waals surface area contributed by atoms with Gasteiger partial charge in [-0.1, -0.05) is 61.7 Å². The van der Waals surface area contributed by atoms with E-state index in [1.165, 1.54) is 19.3 Å². The molecule has 138 valence electrons. The Morgan fingerprint density at radius 3 is 2.59 bits per heavy atom. The summed E-state index contributed by atoms with van der Waals surface area (Å²) < 4.78 is 1.93. The summed E-state index contributed by atoms with van der Waals surface area (Å²) >= 11 is 1.64. The number of phenols is 1. The fourth-order valence-corrected chi connectivity index (χ4v) is 4.31. The molecule has 4 nitrogen and oxygen atoms in total. The van der Waals surface area contributed by atoms with Crippen LogP contribution in [0.3, 0.4) is 0 Å². The SMILES string of the molecule is Oc1cccc(C=Nn2c(-c3ccccc3)csc2=NC2CCCCC2)c1. The van der Waals surface area contributed by atoms with Gasteiger partial charge in [0, 0.05) is 10.9 Å². The number of hydrogen-bond donors (Lipinski definition) is 1. The average Bonchev–Trinajstić information content (AvgIpc) is 3.10. The van der Waals surface area contributed by atoms with Crippen molar-refractivity contribution in [1.82, 2.24) is 4.68 Å². The second-order valence-electron chi connectivity index (χ2n) is 6.84. The van der Waals surface area contributed by atoms with E-state index in [0.717, 1.165) is 34.5 Å². The fourth-order valence-electron chi connectivity index (χ4n) is 3.40. The zero-order valence-corrected chi connectivity index (χ0v) is 16.0. The number of aromatic hydroxyl groups is 1. The highest BCUT2D eigenvalue weighted by molar-refractivity contribution is 7.07. The molecule has 0 saturated heterocycles. The minimum atomic E-state index is 0.240. The molecule has 1 N–H and O–H groups in total. The van der Waals surface area contributed by atoms with E-state index in [-0.39, 0.29) is 5.75 Å². The molecule has 1 aliphatic rings. The Kier molecular flexibility index (Phi) is 5.49. The summed E-state index contributed by atoms with van der Waals surface area (Å²) in [6.07, 6.45) is 7.94. The van der Waals surface area contributed by atoms with Crippen LogP contribution >= 0.6 is 11.3 Å². The van der Waals surface area contributed by atoms with E-state index in [4.69, 9.17) is 10.1 Å². The average molecular weight is 378 g/mol. The lowest BCUT2D eigenvalue weighted by molar-refractivity contribution is 0.435. The van der Waals surface area contributed by atoms with E-state index >= 15 is 0 Å². The maximum absolute atomic E-state index is 9.69. The highest BCUT2D eigenvalue weighted by Gasteiger charge is 2.13. The molecule has 1 aliphatic carbocycles. The van der Waals surface area contributed by atoms with Crippen molar-refractivity contribution >= 4 is 17.6 Å². The van der Waals surface area contributed by atoms with Gasteiger partial charge in [-0.05, 0) is 30.5 Å². The van der Waals surface area contributed by atoms with Gasteiger partial charge in [-0.2, -0.15) is 5.10 Å². The van der Waals surface area contributed by atoms with Crippen molar-refractivity contribution in [2.24, 2.45) is 10.1 Å². The standard InChI is InChI=1S/C22H23N3OS/c26-20-13-7-8-17(14-20)15-23-25-21(18-9-3-1-4-10-18)16-27-22(25)24-19-11-5-2-6-12-19/h1,3-4,7-10,13-16,19,26H,2,5-6,11-12H2. The van der Waals surface area contributed by atoms with Crippen molar-refractivity contribution in [3.8, 4) is 17.0 Å². The highest BCUT2D eigenvalue weighted by Crippen LogP contribution is 2.22. The molecule has 1 saturated carbocycles. The topological polar surface area (TPSA) is 49.9 Å². The van der Waals surface area contributed by atoms with E-state index in [9.17, 15) is 5.11 Å². The molecule has 2 aromatic carbocycles. The summed E-state index contributed by atoms with van der Waals surface area (Å²) in [6.45, 7) is 0. The van der Waals surface area contributed by atoms with Crippen molar-refractivity contribution in [1.29, 1.82) is 0 Å². The van der Waals surface area contributed by atoms with E-state index in [1.807, 2.05) is 35.0 Å². The number of nitrogens with zero attached hydrogens (tertiary/aromatic N) is 3. The van der Waals surface area contributed by atoms with Crippen molar-refractivity contribution in [2.45, 2.75) is 38.1 Å². The summed E-state index contributed by atoms with van der Waals surface area (Å²) in [5.74, 6) is 0.240. The zero-order valence-electron chi connectivity index (χ0n) is 15.2. The predicted octanol–water partition coefficient (Wildman–Crippen LogP) is 5.04. The Morgan fingerprint density at radius 1 is 1.00 bits per heavy atom. The maximum atomic E-state index is 9.69. The predicted molar refractivity (Wildman–Crippen MR) is 111 cm³/mol. The molecule has 3 aromatic rings. The van der Waals surface area contributed by atoms with Crippen LogP contribution in [0.5, 0.6) is 5.75 Å². The number of phenolic OH excluding ortho intramolecular Hbond substituents is 1. The van der Waals surface area contributed by atoms with E-state index in [2.05, 4.69) is 17.5 Å². The fraction of sp³-hybridized carbons (Fsp3) is 0.273. The van der Waals surface area contributed by atoms with E-state index in [0.29, 0.717) is 6.04 Å². The molecular weight excluding hydrogens is 354 g/mol. The third kappa shape index (κ3) is 4.37. The quantitative estimate of drug-likeness (QED) is 0.636. The lowest BCUT2D eigenvalue weighted by atomic mass is 9.96. The highest BCUT2D eigenvalue weighted by atomic mass is 32.1. The van der Waals surface area contributed by atoms with Gasteiger partial charge in [-0.25, -0.2) is 4.68 Å². The van der Waals surface area contributed by atoms with Crippen LogP contribution in [0.2, 0.25) is 0 Å². The normalized spacial score (nSPS) is 16.2. The lowest BCUT2D eigenvalue weighted by Gasteiger charge is -2.16. The van der Waals surface area contributed by atoms with Gasteiger partial charge in [-0.3, -0.25) is 4.99 Å². The van der Waals surface area contributed by atoms with Crippen molar-refractivity contribution in [2.75, 3.05) is 0 Å². The van der Waals surface area contributed by atoms with Crippen LogP contribution < -0.4 is 4.80 Å². The molecule has 0 radical (unpaired) electrons. The van der Waals surface area contributed by atoms with Gasteiger partial charge in [0.05, 0.1) is 18.0 Å². The molecule has 0 unspecified atom stereocenters. The Morgan fingerprint density at radius 2 is 1.81 bits per heavy atom. The third-order valence-corrected chi connectivity index (χ3v) is 5.65. The van der Waals surface area contributed by atoms with Crippen LogP contribution in [0.4, 0.5) is 0 Å². The van der Waals surface area contributed by atoms with Crippen LogP contribution in [-0.2, 0) is 0 Å². The summed E-state index contributed by atoms with van der Waals surface area (Å²) in [6, 6.07) is 17.8. The zero-order chi connectivity index (χ0) is 18.5. The lowest BCUT2D eigenvalue weighted by Crippen LogP contribution is -2.19. The maximum Gasteiger partial charge on any atom is 0.206 e. The second-order valence-corrected chi connectivity index (χ2v) is 7.68. The molecule has 0 amide bonds. The first kappa shape index (κ1) is 17.7. The summed E-state index contributed by atoms with van der Waals surface area (Å²) in [4.78, 5) is 5.94. The molecule has 0 spiro atoms. The minimum absolute atomic E-state index is 0.240. The largest absolute Gasteiger partial charge is 0.508 e. The van der Waals surface area contributed by atoms with Crippen LogP contribution in [0.15, 0.2) is 70.1 Å². The molecule has 5 heteroatoms. The van der Waals surface area contributed by atoms with Crippen LogP contribution in [0.25, 0.3) is 11.3 Å². The molecule has 4 rings (SSSR count). The Balaban J connectivity index is 1.76. The number of rotatable bonds is 4. The summed E-state index contributed by atoms with van der Waals surface area (Å²) in [5.41, 5.74) is 3.01. The first-order valence-corrected chi connectivity index (χ1v) is 10.3. The third-order valence-electron chi connectivity index (χ3n) is 4.82. The monoisotopic (exact) mass is 377 g/mol. The first-order valence-electron chi connectivity index (χ1n) is 9.43. The smallest absolute Gasteiger partial charge is 0.206 e. The minimum Gasteiger partial charge on any atom is -0.508 e. The Hall–Kier alpha value is -2.66. The van der Waals surface area contributed by atoms with Gasteiger partial charge in [0.2, 0.25) is 4.80 Å². The molecular formula is C22H23N3OS. The van der Waals surface area contributed by atoms with Crippen LogP contribution in [-0.4, -0.2) is 22.0 Å². The van der Waals surface area contributed by atoms with Crippen molar-refractivity contribution in [3.63, 3.8) is 0 Å². The van der Waals surface area contributed by atoms with Gasteiger partial charge < -0.3 is 5.11 Å². The van der Waals surface area contributed by atoms with Gasteiger partial charge in [0.25, 0.3) is 0 Å². The molecule has 1 fully saturated rings. The second kappa shape index (κ2) is 8.35. The van der Waals surface area contributed by atoms with E-state index < -0.39 is 0 Å². The van der Waals surface area contributed by atoms with Crippen molar-refractivity contribution < 1.29 is 5.11 Å². The number of benzene rings is 2. The molecule has 0 atom stereocenters. The molecule has 27 heavy (non-hydrogen) atoms. The van der Waals surface area contributed by atoms with Crippen molar-refractivity contribution in [3.05, 3.63) is 70.3 Å². The molecule has 0 aliphatic heterocycles. The molecule has 1 aromatic heterocycles. The van der Waals surface area contributed by atoms with E-state index in [1.54, 1.807) is 29.7 Å². The summed E-state index contributed by atoms with van der Waals surface area (Å²) in [5, 5.41) is 16.5. The number of thiazole rings is 1.